The first-order chi connectivity index (χ1) is 9.81. The Morgan fingerprint density at radius 1 is 1.05 bits per heavy atom. The normalized spacial score (nSPS) is 8.90. The molecule has 2 aromatic rings. The number of pyridine rings is 1. The zero-order valence-corrected chi connectivity index (χ0v) is 10.3. The highest BCUT2D eigenvalue weighted by molar-refractivity contribution is 6.10. The second-order valence-corrected chi connectivity index (χ2v) is 3.59. The minimum atomic E-state index is -0.267. The third-order valence-corrected chi connectivity index (χ3v) is 2.21. The van der Waals surface area contributed by atoms with E-state index in [4.69, 9.17) is 15.3 Å². The van der Waals surface area contributed by atoms with Crippen molar-refractivity contribution in [2.24, 2.45) is 5.10 Å². The number of nitriles is 2. The van der Waals surface area contributed by atoms with Crippen LogP contribution in [0.4, 0.5) is 5.82 Å². The number of ether oxygens (including phenoxy) is 1. The minimum absolute atomic E-state index is 0.267. The van der Waals surface area contributed by atoms with Gasteiger partial charge in [-0.25, -0.2) is 4.98 Å². The van der Waals surface area contributed by atoms with E-state index in [1.165, 1.54) is 6.20 Å². The van der Waals surface area contributed by atoms with Gasteiger partial charge in [-0.05, 0) is 24.3 Å². The molecule has 0 spiro atoms. The molecule has 0 fully saturated rings. The summed E-state index contributed by atoms with van der Waals surface area (Å²) in [5, 5.41) is 20.6. The fourth-order valence-corrected chi connectivity index (χ4v) is 1.32. The lowest BCUT2D eigenvalue weighted by molar-refractivity contribution is 0.480. The standard InChI is InChI=1S/C14H9N5O/c15-8-11(9-16)18-19-14-7-6-13(10-17-14)20-12-4-2-1-3-5-12/h1-7,10H,(H,17,19). The van der Waals surface area contributed by atoms with Crippen molar-refractivity contribution in [3.63, 3.8) is 0 Å². The summed E-state index contributed by atoms with van der Waals surface area (Å²) in [5.74, 6) is 1.70. The summed E-state index contributed by atoms with van der Waals surface area (Å²) < 4.78 is 5.57. The van der Waals surface area contributed by atoms with Crippen LogP contribution in [0, 0.1) is 22.7 Å². The number of nitrogens with zero attached hydrogens (tertiary/aromatic N) is 4. The molecule has 0 amide bonds. The van der Waals surface area contributed by atoms with Gasteiger partial charge in [-0.15, -0.1) is 0 Å². The van der Waals surface area contributed by atoms with Crippen molar-refractivity contribution in [1.82, 2.24) is 4.98 Å². The summed E-state index contributed by atoms with van der Waals surface area (Å²) in [5.41, 5.74) is 2.25. The molecule has 0 atom stereocenters. The predicted octanol–water partition coefficient (Wildman–Crippen LogP) is 2.69. The van der Waals surface area contributed by atoms with Crippen LogP contribution in [0.25, 0.3) is 0 Å². The van der Waals surface area contributed by atoms with E-state index in [-0.39, 0.29) is 5.71 Å². The SMILES string of the molecule is N#CC(C#N)=NNc1ccc(Oc2ccccc2)cn1. The molecular formula is C14H9N5O. The van der Waals surface area contributed by atoms with E-state index in [0.717, 1.165) is 0 Å². The molecule has 0 saturated heterocycles. The van der Waals surface area contributed by atoms with Crippen molar-refractivity contribution < 1.29 is 4.74 Å². The summed E-state index contributed by atoms with van der Waals surface area (Å²) in [6.07, 6.45) is 1.52. The van der Waals surface area contributed by atoms with Crippen LogP contribution >= 0.6 is 0 Å². The Morgan fingerprint density at radius 2 is 1.80 bits per heavy atom. The molecule has 0 saturated carbocycles. The maximum absolute atomic E-state index is 8.53. The Kier molecular flexibility index (Phi) is 4.26. The van der Waals surface area contributed by atoms with Gasteiger partial charge in [-0.1, -0.05) is 18.2 Å². The van der Waals surface area contributed by atoms with E-state index < -0.39 is 0 Å². The van der Waals surface area contributed by atoms with Gasteiger partial charge in [0.15, 0.2) is 0 Å². The first-order valence-corrected chi connectivity index (χ1v) is 5.64. The largest absolute Gasteiger partial charge is 0.456 e. The molecular weight excluding hydrogens is 254 g/mol. The Hall–Kier alpha value is -3.38. The number of anilines is 1. The fraction of sp³-hybridized carbons (Fsp3) is 0. The number of hydrogen-bond acceptors (Lipinski definition) is 6. The fourth-order valence-electron chi connectivity index (χ4n) is 1.32. The number of para-hydroxylation sites is 1. The third kappa shape index (κ3) is 3.56. The van der Waals surface area contributed by atoms with Gasteiger partial charge in [-0.2, -0.15) is 15.6 Å². The van der Waals surface area contributed by atoms with Crippen LogP contribution in [0.2, 0.25) is 0 Å². The zero-order valence-electron chi connectivity index (χ0n) is 10.3. The number of rotatable bonds is 4. The summed E-state index contributed by atoms with van der Waals surface area (Å²) in [7, 11) is 0. The molecule has 0 radical (unpaired) electrons. The molecule has 0 bridgehead atoms. The van der Waals surface area contributed by atoms with E-state index in [2.05, 4.69) is 15.5 Å². The molecule has 0 unspecified atom stereocenters. The van der Waals surface area contributed by atoms with Crippen LogP contribution in [0.3, 0.4) is 0 Å². The molecule has 1 heterocycles. The van der Waals surface area contributed by atoms with Crippen LogP contribution in [-0.4, -0.2) is 10.7 Å². The topological polar surface area (TPSA) is 94.1 Å². The van der Waals surface area contributed by atoms with Gasteiger partial charge in [0.1, 0.15) is 29.5 Å². The van der Waals surface area contributed by atoms with Crippen molar-refractivity contribution in [3.8, 4) is 23.6 Å². The number of hydrogen-bond donors (Lipinski definition) is 1. The Labute approximate surface area is 115 Å². The first-order valence-electron chi connectivity index (χ1n) is 5.64. The van der Waals surface area contributed by atoms with E-state index in [9.17, 15) is 0 Å². The quantitative estimate of drug-likeness (QED) is 0.676. The number of nitrogens with one attached hydrogen (secondary N) is 1. The van der Waals surface area contributed by atoms with E-state index in [0.29, 0.717) is 17.3 Å². The van der Waals surface area contributed by atoms with Gasteiger partial charge >= 0.3 is 0 Å². The van der Waals surface area contributed by atoms with Crippen molar-refractivity contribution in [2.45, 2.75) is 0 Å². The van der Waals surface area contributed by atoms with Crippen LogP contribution in [0.5, 0.6) is 11.5 Å². The lowest BCUT2D eigenvalue weighted by atomic mass is 10.3. The predicted molar refractivity (Wildman–Crippen MR) is 73.0 cm³/mol. The molecule has 0 aliphatic heterocycles. The highest BCUT2D eigenvalue weighted by atomic mass is 16.5. The molecule has 1 aromatic carbocycles. The van der Waals surface area contributed by atoms with Gasteiger partial charge in [-0.3, -0.25) is 5.43 Å². The van der Waals surface area contributed by atoms with Crippen molar-refractivity contribution in [2.75, 3.05) is 5.43 Å². The Bertz CT molecular complexity index is 664. The maximum Gasteiger partial charge on any atom is 0.237 e. The Balaban J connectivity index is 2.02. The first kappa shape index (κ1) is 13.1. The number of benzene rings is 1. The number of hydrazone groups is 1. The van der Waals surface area contributed by atoms with Gasteiger partial charge in [0.05, 0.1) is 6.20 Å². The highest BCUT2D eigenvalue weighted by Gasteiger charge is 1.99. The van der Waals surface area contributed by atoms with Crippen molar-refractivity contribution in [3.05, 3.63) is 48.7 Å². The third-order valence-electron chi connectivity index (χ3n) is 2.21. The smallest absolute Gasteiger partial charge is 0.237 e. The molecule has 96 valence electrons. The molecule has 0 aliphatic rings. The van der Waals surface area contributed by atoms with Gasteiger partial charge in [0.25, 0.3) is 0 Å². The highest BCUT2D eigenvalue weighted by Crippen LogP contribution is 2.20. The average molecular weight is 263 g/mol. The van der Waals surface area contributed by atoms with Gasteiger partial charge in [0.2, 0.25) is 5.71 Å². The summed E-state index contributed by atoms with van der Waals surface area (Å²) >= 11 is 0. The molecule has 6 nitrogen and oxygen atoms in total. The summed E-state index contributed by atoms with van der Waals surface area (Å²) in [6.45, 7) is 0. The van der Waals surface area contributed by atoms with E-state index in [1.54, 1.807) is 24.3 Å². The molecule has 1 N–H and O–H groups in total. The lowest BCUT2D eigenvalue weighted by Gasteiger charge is -2.05. The second-order valence-electron chi connectivity index (χ2n) is 3.59. The molecule has 20 heavy (non-hydrogen) atoms. The summed E-state index contributed by atoms with van der Waals surface area (Å²) in [6, 6.07) is 15.9. The zero-order chi connectivity index (χ0) is 14.2. The van der Waals surface area contributed by atoms with Crippen LogP contribution in [0.15, 0.2) is 53.8 Å². The van der Waals surface area contributed by atoms with E-state index in [1.807, 2.05) is 30.3 Å². The van der Waals surface area contributed by atoms with Crippen molar-refractivity contribution in [1.29, 1.82) is 10.5 Å². The van der Waals surface area contributed by atoms with Crippen LogP contribution < -0.4 is 10.2 Å². The summed E-state index contributed by atoms with van der Waals surface area (Å²) in [4.78, 5) is 4.05. The number of aromatic nitrogens is 1. The van der Waals surface area contributed by atoms with Crippen molar-refractivity contribution >= 4 is 11.5 Å². The Morgan fingerprint density at radius 3 is 2.40 bits per heavy atom. The maximum atomic E-state index is 8.53. The minimum Gasteiger partial charge on any atom is -0.456 e. The van der Waals surface area contributed by atoms with Crippen LogP contribution in [-0.2, 0) is 0 Å². The molecule has 6 heteroatoms. The molecule has 1 aromatic heterocycles. The molecule has 0 aliphatic carbocycles. The average Bonchev–Trinajstić information content (AvgIpc) is 2.51. The monoisotopic (exact) mass is 263 g/mol. The second kappa shape index (κ2) is 6.53. The van der Waals surface area contributed by atoms with E-state index >= 15 is 0 Å². The molecule has 2 rings (SSSR count). The van der Waals surface area contributed by atoms with Crippen LogP contribution in [0.1, 0.15) is 0 Å². The lowest BCUT2D eigenvalue weighted by Crippen LogP contribution is -1.98. The van der Waals surface area contributed by atoms with Gasteiger partial charge in [0, 0.05) is 0 Å². The van der Waals surface area contributed by atoms with Gasteiger partial charge < -0.3 is 4.74 Å².